The predicted octanol–water partition coefficient (Wildman–Crippen LogP) is 3.18. The van der Waals surface area contributed by atoms with E-state index in [4.69, 9.17) is 0 Å². The molecule has 2 N–H and O–H groups in total. The smallest absolute Gasteiger partial charge is 0.315 e. The molecule has 5 nitrogen and oxygen atoms in total. The van der Waals surface area contributed by atoms with Gasteiger partial charge in [-0.25, -0.2) is 13.2 Å². The Morgan fingerprint density at radius 2 is 1.69 bits per heavy atom. The lowest BCUT2D eigenvalue weighted by Gasteiger charge is -2.19. The second-order valence-corrected chi connectivity index (χ2v) is 9.05. The summed E-state index contributed by atoms with van der Waals surface area (Å²) in [6.07, 6.45) is 3.34. The summed E-state index contributed by atoms with van der Waals surface area (Å²) < 4.78 is 23.0. The van der Waals surface area contributed by atoms with Crippen LogP contribution in [0.4, 0.5) is 4.79 Å². The zero-order valence-corrected chi connectivity index (χ0v) is 15.8. The summed E-state index contributed by atoms with van der Waals surface area (Å²) in [6, 6.07) is 16.4. The highest BCUT2D eigenvalue weighted by Crippen LogP contribution is 2.47. The van der Waals surface area contributed by atoms with E-state index in [2.05, 4.69) is 22.8 Å². The van der Waals surface area contributed by atoms with Crippen molar-refractivity contribution in [3.8, 4) is 0 Å². The molecule has 2 aromatic rings. The molecule has 1 fully saturated rings. The Labute approximate surface area is 154 Å². The van der Waals surface area contributed by atoms with Gasteiger partial charge in [0.05, 0.1) is 10.9 Å². The Balaban J connectivity index is 1.55. The van der Waals surface area contributed by atoms with Gasteiger partial charge in [0.15, 0.2) is 9.84 Å². The number of hydrogen-bond acceptors (Lipinski definition) is 3. The number of sulfone groups is 1. The number of hydrogen-bond donors (Lipinski definition) is 2. The summed E-state index contributed by atoms with van der Waals surface area (Å²) in [5, 5.41) is 5.88. The molecule has 3 rings (SSSR count). The zero-order valence-electron chi connectivity index (χ0n) is 15.0. The molecule has 0 saturated heterocycles. The minimum absolute atomic E-state index is 0.0684. The second-order valence-electron chi connectivity index (χ2n) is 7.04. The van der Waals surface area contributed by atoms with Crippen molar-refractivity contribution < 1.29 is 13.2 Å². The van der Waals surface area contributed by atoms with Gasteiger partial charge in [-0.05, 0) is 43.0 Å². The number of carbonyl (C=O) groups is 1. The van der Waals surface area contributed by atoms with Crippen LogP contribution in [0.2, 0.25) is 0 Å². The maximum Gasteiger partial charge on any atom is 0.315 e. The highest BCUT2D eigenvalue weighted by Gasteiger charge is 2.44. The number of carbonyl (C=O) groups excluding carboxylic acids is 1. The van der Waals surface area contributed by atoms with Crippen molar-refractivity contribution in [2.24, 2.45) is 0 Å². The first-order chi connectivity index (χ1) is 12.3. The van der Waals surface area contributed by atoms with Gasteiger partial charge in [-0.3, -0.25) is 0 Å². The lowest BCUT2D eigenvalue weighted by Crippen LogP contribution is -2.40. The molecule has 1 aliphatic carbocycles. The molecule has 138 valence electrons. The number of rotatable bonds is 6. The van der Waals surface area contributed by atoms with Gasteiger partial charge in [0.25, 0.3) is 0 Å². The fourth-order valence-electron chi connectivity index (χ4n) is 3.09. The molecule has 1 aliphatic rings. The van der Waals surface area contributed by atoms with Crippen LogP contribution in [-0.4, -0.2) is 27.2 Å². The minimum atomic E-state index is -3.21. The monoisotopic (exact) mass is 372 g/mol. The second kappa shape index (κ2) is 7.11. The summed E-state index contributed by atoms with van der Waals surface area (Å²) >= 11 is 0. The molecule has 1 unspecified atom stereocenters. The number of urea groups is 1. The fourth-order valence-corrected chi connectivity index (χ4v) is 3.72. The summed E-state index contributed by atoms with van der Waals surface area (Å²) in [7, 11) is -3.21. The van der Waals surface area contributed by atoms with E-state index >= 15 is 0 Å². The van der Waals surface area contributed by atoms with Gasteiger partial charge >= 0.3 is 6.03 Å². The third kappa shape index (κ3) is 4.25. The topological polar surface area (TPSA) is 75.3 Å². The molecular formula is C20H24N2O3S. The Kier molecular flexibility index (Phi) is 5.05. The van der Waals surface area contributed by atoms with E-state index in [-0.39, 0.29) is 22.4 Å². The molecule has 0 heterocycles. The van der Waals surface area contributed by atoms with Crippen molar-refractivity contribution in [3.05, 3.63) is 65.7 Å². The van der Waals surface area contributed by atoms with E-state index < -0.39 is 9.84 Å². The van der Waals surface area contributed by atoms with Crippen LogP contribution in [-0.2, 0) is 15.3 Å². The molecule has 0 aliphatic heterocycles. The lowest BCUT2D eigenvalue weighted by atomic mass is 9.96. The van der Waals surface area contributed by atoms with Gasteiger partial charge in [0, 0.05) is 18.2 Å². The van der Waals surface area contributed by atoms with Crippen molar-refractivity contribution in [2.75, 3.05) is 12.8 Å². The van der Waals surface area contributed by atoms with Crippen molar-refractivity contribution in [1.82, 2.24) is 10.6 Å². The van der Waals surface area contributed by atoms with Crippen LogP contribution in [0, 0.1) is 0 Å². The van der Waals surface area contributed by atoms with Crippen molar-refractivity contribution >= 4 is 15.9 Å². The van der Waals surface area contributed by atoms with E-state index in [1.165, 1.54) is 11.8 Å². The molecule has 0 aromatic heterocycles. The molecule has 0 radical (unpaired) electrons. The molecule has 6 heteroatoms. The number of nitrogens with one attached hydrogen (secondary N) is 2. The minimum Gasteiger partial charge on any atom is -0.337 e. The average Bonchev–Trinajstić information content (AvgIpc) is 3.41. The zero-order chi connectivity index (χ0) is 18.8. The van der Waals surface area contributed by atoms with Crippen molar-refractivity contribution in [2.45, 2.75) is 36.1 Å². The van der Waals surface area contributed by atoms with Gasteiger partial charge in [0.2, 0.25) is 0 Å². The third-order valence-corrected chi connectivity index (χ3v) is 6.11. The van der Waals surface area contributed by atoms with Gasteiger partial charge < -0.3 is 10.6 Å². The normalized spacial score (nSPS) is 16.5. The van der Waals surface area contributed by atoms with Gasteiger partial charge in [-0.2, -0.15) is 0 Å². The van der Waals surface area contributed by atoms with Crippen LogP contribution in [0.15, 0.2) is 59.5 Å². The molecule has 0 bridgehead atoms. The molecular weight excluding hydrogens is 348 g/mol. The quantitative estimate of drug-likeness (QED) is 0.818. The summed E-state index contributed by atoms with van der Waals surface area (Å²) in [5.74, 6) is 0. The first kappa shape index (κ1) is 18.5. The van der Waals surface area contributed by atoms with E-state index in [9.17, 15) is 13.2 Å². The van der Waals surface area contributed by atoms with E-state index in [0.29, 0.717) is 6.54 Å². The Morgan fingerprint density at radius 3 is 2.23 bits per heavy atom. The van der Waals surface area contributed by atoms with Crippen LogP contribution in [0.3, 0.4) is 0 Å². The maximum absolute atomic E-state index is 12.2. The largest absolute Gasteiger partial charge is 0.337 e. The van der Waals surface area contributed by atoms with Crippen molar-refractivity contribution in [1.29, 1.82) is 0 Å². The number of amides is 2. The predicted molar refractivity (Wildman–Crippen MR) is 102 cm³/mol. The fraction of sp³-hybridized carbons (Fsp3) is 0.350. The van der Waals surface area contributed by atoms with Gasteiger partial charge in [0.1, 0.15) is 0 Å². The first-order valence-corrected chi connectivity index (χ1v) is 10.6. The molecule has 2 amide bonds. The summed E-state index contributed by atoms with van der Waals surface area (Å²) in [6.45, 7) is 2.49. The Hall–Kier alpha value is -2.34. The molecule has 1 atom stereocenters. The molecule has 2 aromatic carbocycles. The number of benzene rings is 2. The Morgan fingerprint density at radius 1 is 1.08 bits per heavy atom. The molecule has 0 spiro atoms. The Bertz CT molecular complexity index is 873. The SMILES string of the molecule is CC(NC(=O)NCC1(c2ccccc2)CC1)c1ccc(S(C)(=O)=O)cc1. The molecule has 26 heavy (non-hydrogen) atoms. The summed E-state index contributed by atoms with van der Waals surface area (Å²) in [4.78, 5) is 12.5. The average molecular weight is 372 g/mol. The van der Waals surface area contributed by atoms with E-state index in [1.807, 2.05) is 25.1 Å². The standard InChI is InChI=1S/C20H24N2O3S/c1-15(16-8-10-18(11-9-16)26(2,24)25)22-19(23)21-14-20(12-13-20)17-6-4-3-5-7-17/h3-11,15H,12-14H2,1-2H3,(H2,21,22,23). The highest BCUT2D eigenvalue weighted by molar-refractivity contribution is 7.90. The van der Waals surface area contributed by atoms with Crippen LogP contribution >= 0.6 is 0 Å². The van der Waals surface area contributed by atoms with E-state index in [1.54, 1.807) is 24.3 Å². The summed E-state index contributed by atoms with van der Waals surface area (Å²) in [5.41, 5.74) is 2.19. The van der Waals surface area contributed by atoms with E-state index in [0.717, 1.165) is 18.4 Å². The van der Waals surface area contributed by atoms with Gasteiger partial charge in [-0.15, -0.1) is 0 Å². The van der Waals surface area contributed by atoms with Crippen molar-refractivity contribution in [3.63, 3.8) is 0 Å². The van der Waals surface area contributed by atoms with Crippen LogP contribution in [0.25, 0.3) is 0 Å². The van der Waals surface area contributed by atoms with Crippen LogP contribution in [0.1, 0.15) is 36.9 Å². The molecule has 1 saturated carbocycles. The highest BCUT2D eigenvalue weighted by atomic mass is 32.2. The maximum atomic E-state index is 12.2. The van der Waals surface area contributed by atoms with Crippen LogP contribution in [0.5, 0.6) is 0 Å². The van der Waals surface area contributed by atoms with Gasteiger partial charge in [-0.1, -0.05) is 42.5 Å². The third-order valence-electron chi connectivity index (χ3n) is 4.98. The first-order valence-electron chi connectivity index (χ1n) is 8.70. The van der Waals surface area contributed by atoms with Crippen LogP contribution < -0.4 is 10.6 Å². The lowest BCUT2D eigenvalue weighted by molar-refractivity contribution is 0.237.